The summed E-state index contributed by atoms with van der Waals surface area (Å²) in [6, 6.07) is 3.92. The van der Waals surface area contributed by atoms with E-state index in [-0.39, 0.29) is 26.6 Å². The van der Waals surface area contributed by atoms with E-state index in [1.54, 1.807) is 6.92 Å². The van der Waals surface area contributed by atoms with Gasteiger partial charge in [-0.05, 0) is 38.0 Å². The summed E-state index contributed by atoms with van der Waals surface area (Å²) >= 11 is 6.14. The minimum atomic E-state index is -6.34. The monoisotopic (exact) mass is 566 g/mol. The number of amides is 1. The van der Waals surface area contributed by atoms with E-state index in [2.05, 4.69) is 27.2 Å². The summed E-state index contributed by atoms with van der Waals surface area (Å²) in [5.41, 5.74) is -6.73. The van der Waals surface area contributed by atoms with Crippen LogP contribution < -0.4 is 5.32 Å². The van der Waals surface area contributed by atoms with E-state index in [9.17, 15) is 39.9 Å². The first-order chi connectivity index (χ1) is 17.5. The first-order valence-corrected chi connectivity index (χ1v) is 11.0. The molecule has 38 heavy (non-hydrogen) atoms. The summed E-state index contributed by atoms with van der Waals surface area (Å²) in [7, 11) is 0.738. The topological polar surface area (TPSA) is 73.0 Å². The molecule has 1 fully saturated rings. The number of carbonyl (C=O) groups is 1. The Labute approximate surface area is 214 Å². The Balaban J connectivity index is 1.76. The van der Waals surface area contributed by atoms with Gasteiger partial charge in [-0.2, -0.15) is 40.2 Å². The molecular formula is C23H15ClF8N4O2. The highest BCUT2D eigenvalue weighted by Gasteiger charge is 2.64. The molecule has 1 aromatic carbocycles. The number of aryl methyl sites for hydroxylation is 1. The van der Waals surface area contributed by atoms with Crippen molar-refractivity contribution in [3.63, 3.8) is 0 Å². The van der Waals surface area contributed by atoms with E-state index < -0.39 is 52.6 Å². The molecule has 2 heterocycles. The van der Waals surface area contributed by atoms with E-state index in [4.69, 9.17) is 16.0 Å². The molecule has 0 atom stereocenters. The smallest absolute Gasteiger partial charge is 0.435 e. The van der Waals surface area contributed by atoms with Gasteiger partial charge in [-0.3, -0.25) is 9.48 Å². The van der Waals surface area contributed by atoms with Crippen molar-refractivity contribution in [2.24, 2.45) is 7.05 Å². The first-order valence-electron chi connectivity index (χ1n) is 10.6. The Hall–Kier alpha value is -3.60. The second-order valence-corrected chi connectivity index (χ2v) is 8.81. The number of alkyl halides is 8. The van der Waals surface area contributed by atoms with Crippen LogP contribution in [0.3, 0.4) is 0 Å². The number of nitrogens with zero attached hydrogens (tertiary/aromatic N) is 3. The van der Waals surface area contributed by atoms with Crippen LogP contribution in [0.4, 0.5) is 35.1 Å². The summed E-state index contributed by atoms with van der Waals surface area (Å²) in [6.45, 7) is 1.61. The normalized spacial score (nSPS) is 15.1. The molecule has 3 aromatic rings. The third-order valence-corrected chi connectivity index (χ3v) is 5.98. The lowest BCUT2D eigenvalue weighted by molar-refractivity contribution is -0.292. The Morgan fingerprint density at radius 3 is 2.37 bits per heavy atom. The lowest BCUT2D eigenvalue weighted by Gasteiger charge is -2.19. The molecule has 1 amide bonds. The van der Waals surface area contributed by atoms with Crippen molar-refractivity contribution in [1.29, 1.82) is 0 Å². The molecule has 0 unspecified atom stereocenters. The fraction of sp³-hybridized carbons (Fsp3) is 0.348. The molecule has 0 bridgehead atoms. The lowest BCUT2D eigenvalue weighted by Crippen LogP contribution is -2.36. The van der Waals surface area contributed by atoms with Crippen LogP contribution in [0.25, 0.3) is 22.9 Å². The third kappa shape index (κ3) is 4.82. The van der Waals surface area contributed by atoms with Gasteiger partial charge in [0, 0.05) is 12.6 Å². The van der Waals surface area contributed by atoms with Gasteiger partial charge in [-0.15, -0.1) is 5.92 Å². The van der Waals surface area contributed by atoms with Crippen LogP contribution in [0, 0.1) is 11.8 Å². The highest BCUT2D eigenvalue weighted by Crippen LogP contribution is 2.50. The quantitative estimate of drug-likeness (QED) is 0.288. The maximum Gasteiger partial charge on any atom is 0.459 e. The highest BCUT2D eigenvalue weighted by molar-refractivity contribution is 6.34. The minimum absolute atomic E-state index is 0.0186. The molecule has 15 heteroatoms. The average molecular weight is 567 g/mol. The summed E-state index contributed by atoms with van der Waals surface area (Å²) in [4.78, 5) is 16.4. The maximum absolute atomic E-state index is 14.0. The molecule has 0 radical (unpaired) electrons. The average Bonchev–Trinajstić information content (AvgIpc) is 3.21. The molecule has 2 aromatic heterocycles. The van der Waals surface area contributed by atoms with Crippen LogP contribution >= 0.6 is 11.6 Å². The molecule has 0 saturated heterocycles. The SMILES string of the molecule is CC#CC1(NC(=O)c2cc(-c3cnc(-c4c(C(F)(F)F)c(C(F)(F)C(F)(F)F)nn4C)o3)ccc2Cl)CC1. The summed E-state index contributed by atoms with van der Waals surface area (Å²) in [5.74, 6) is -2.04. The van der Waals surface area contributed by atoms with Gasteiger partial charge in [0.05, 0.1) is 16.8 Å². The van der Waals surface area contributed by atoms with Crippen molar-refractivity contribution in [2.45, 2.75) is 43.6 Å². The van der Waals surface area contributed by atoms with Crippen LogP contribution in [0.1, 0.15) is 41.4 Å². The van der Waals surface area contributed by atoms with Gasteiger partial charge in [0.15, 0.2) is 11.5 Å². The van der Waals surface area contributed by atoms with Gasteiger partial charge < -0.3 is 9.73 Å². The Bertz CT molecular complexity index is 1470. The molecule has 6 nitrogen and oxygen atoms in total. The molecule has 0 spiro atoms. The van der Waals surface area contributed by atoms with Crippen LogP contribution in [0.2, 0.25) is 5.02 Å². The number of benzene rings is 1. The zero-order valence-corrected chi connectivity index (χ0v) is 20.0. The fourth-order valence-electron chi connectivity index (χ4n) is 3.69. The van der Waals surface area contributed by atoms with E-state index in [1.807, 2.05) is 0 Å². The van der Waals surface area contributed by atoms with E-state index >= 15 is 0 Å². The minimum Gasteiger partial charge on any atom is -0.435 e. The molecule has 1 saturated carbocycles. The predicted octanol–water partition coefficient (Wildman–Crippen LogP) is 6.35. The van der Waals surface area contributed by atoms with Crippen molar-refractivity contribution >= 4 is 17.5 Å². The van der Waals surface area contributed by atoms with Crippen molar-refractivity contribution in [3.05, 3.63) is 46.2 Å². The van der Waals surface area contributed by atoms with Gasteiger partial charge >= 0.3 is 18.3 Å². The molecular weight excluding hydrogens is 552 g/mol. The van der Waals surface area contributed by atoms with Crippen molar-refractivity contribution in [2.75, 3.05) is 0 Å². The lowest BCUT2D eigenvalue weighted by atomic mass is 10.1. The zero-order valence-electron chi connectivity index (χ0n) is 19.3. The van der Waals surface area contributed by atoms with Crippen LogP contribution in [-0.2, 0) is 19.1 Å². The zero-order chi connectivity index (χ0) is 28.3. The number of rotatable bonds is 5. The summed E-state index contributed by atoms with van der Waals surface area (Å²) < 4.78 is 113. The standard InChI is InChI=1S/C23H15ClF8N4O2/c1-3-6-20(7-8-20)34-18(37)12-9-11(4-5-13(12)24)14-10-33-19(38-14)16-15(22(27,28)29)17(35-36(16)2)21(25,26)23(30,31)32/h4-5,9-10H,7-8H2,1-2H3,(H,34,37). The largest absolute Gasteiger partial charge is 0.459 e. The number of nitrogens with one attached hydrogen (secondary N) is 1. The van der Waals surface area contributed by atoms with Gasteiger partial charge in [-0.25, -0.2) is 4.98 Å². The number of hydrogen-bond donors (Lipinski definition) is 1. The maximum atomic E-state index is 14.0. The third-order valence-electron chi connectivity index (χ3n) is 5.65. The van der Waals surface area contributed by atoms with Crippen molar-refractivity contribution in [3.8, 4) is 34.7 Å². The number of aromatic nitrogens is 3. The molecule has 1 aliphatic carbocycles. The second-order valence-electron chi connectivity index (χ2n) is 8.40. The molecule has 202 valence electrons. The Morgan fingerprint density at radius 1 is 1.16 bits per heavy atom. The Morgan fingerprint density at radius 2 is 1.82 bits per heavy atom. The van der Waals surface area contributed by atoms with Crippen LogP contribution in [-0.4, -0.2) is 32.4 Å². The Kier molecular flexibility index (Phi) is 6.50. The number of carbonyl (C=O) groups excluding carboxylic acids is 1. The van der Waals surface area contributed by atoms with E-state index in [1.165, 1.54) is 18.2 Å². The summed E-state index contributed by atoms with van der Waals surface area (Å²) in [5, 5.41) is 5.61. The van der Waals surface area contributed by atoms with Gasteiger partial charge in [0.1, 0.15) is 16.8 Å². The first kappa shape index (κ1) is 27.4. The molecule has 1 aliphatic rings. The van der Waals surface area contributed by atoms with Crippen LogP contribution in [0.5, 0.6) is 0 Å². The van der Waals surface area contributed by atoms with Crippen LogP contribution in [0.15, 0.2) is 28.8 Å². The fourth-order valence-corrected chi connectivity index (χ4v) is 3.90. The van der Waals surface area contributed by atoms with Gasteiger partial charge in [-0.1, -0.05) is 17.5 Å². The van der Waals surface area contributed by atoms with E-state index in [0.29, 0.717) is 12.8 Å². The number of hydrogen-bond acceptors (Lipinski definition) is 4. The number of oxazole rings is 1. The molecule has 0 aliphatic heterocycles. The van der Waals surface area contributed by atoms with Crippen molar-refractivity contribution in [1.82, 2.24) is 20.1 Å². The van der Waals surface area contributed by atoms with Gasteiger partial charge in [0.2, 0.25) is 5.89 Å². The molecule has 4 rings (SSSR count). The molecule has 1 N–H and O–H groups in total. The van der Waals surface area contributed by atoms with Crippen molar-refractivity contribution < 1.29 is 44.3 Å². The van der Waals surface area contributed by atoms with E-state index in [0.717, 1.165) is 13.2 Å². The predicted molar refractivity (Wildman–Crippen MR) is 117 cm³/mol. The second kappa shape index (κ2) is 9.00. The highest BCUT2D eigenvalue weighted by atomic mass is 35.5. The summed E-state index contributed by atoms with van der Waals surface area (Å²) in [6.07, 6.45) is -9.84. The van der Waals surface area contributed by atoms with Gasteiger partial charge in [0.25, 0.3) is 5.91 Å². The number of halogens is 9.